The van der Waals surface area contributed by atoms with Gasteiger partial charge in [-0.15, -0.1) is 0 Å². The van der Waals surface area contributed by atoms with Crippen LogP contribution in [0.4, 0.5) is 5.69 Å². The minimum Gasteiger partial charge on any atom is -0.508 e. The molecule has 1 heterocycles. The average molecular weight is 261 g/mol. The van der Waals surface area contributed by atoms with E-state index in [0.717, 1.165) is 29.8 Å². The summed E-state index contributed by atoms with van der Waals surface area (Å²) in [5.74, 6) is 1.00. The average Bonchev–Trinajstić information content (AvgIpc) is 2.78. The zero-order valence-corrected chi connectivity index (χ0v) is 12.2. The molecule has 0 spiro atoms. The number of aryl methyl sites for hydroxylation is 2. The zero-order valence-electron chi connectivity index (χ0n) is 12.2. The van der Waals surface area contributed by atoms with Crippen LogP contribution in [-0.4, -0.2) is 23.9 Å². The van der Waals surface area contributed by atoms with Crippen molar-refractivity contribution in [2.75, 3.05) is 11.9 Å². The summed E-state index contributed by atoms with van der Waals surface area (Å²) in [6, 6.07) is 4.35. The van der Waals surface area contributed by atoms with Gasteiger partial charge in [0.25, 0.3) is 0 Å². The van der Waals surface area contributed by atoms with E-state index in [9.17, 15) is 5.11 Å². The van der Waals surface area contributed by atoms with Crippen LogP contribution >= 0.6 is 0 Å². The van der Waals surface area contributed by atoms with Crippen molar-refractivity contribution >= 4 is 5.69 Å². The molecule has 1 aromatic carbocycles. The Bertz CT molecular complexity index is 510. The normalized spacial score (nSPS) is 31.7. The third kappa shape index (κ3) is 1.83. The smallest absolute Gasteiger partial charge is 0.118 e. The topological polar surface area (TPSA) is 41.5 Å². The highest BCUT2D eigenvalue weighted by atomic mass is 16.5. The largest absolute Gasteiger partial charge is 0.508 e. The molecule has 2 fully saturated rings. The number of anilines is 1. The molecule has 0 amide bonds. The molecule has 1 saturated carbocycles. The van der Waals surface area contributed by atoms with Gasteiger partial charge in [-0.2, -0.15) is 0 Å². The number of rotatable bonds is 2. The summed E-state index contributed by atoms with van der Waals surface area (Å²) >= 11 is 0. The molecule has 1 aliphatic heterocycles. The van der Waals surface area contributed by atoms with Crippen molar-refractivity contribution in [3.05, 3.63) is 23.3 Å². The Morgan fingerprint density at radius 2 is 2.00 bits per heavy atom. The quantitative estimate of drug-likeness (QED) is 0.803. The summed E-state index contributed by atoms with van der Waals surface area (Å²) in [6.07, 6.45) is 1.56. The van der Waals surface area contributed by atoms with Crippen molar-refractivity contribution < 1.29 is 9.84 Å². The number of benzene rings is 1. The molecule has 3 atom stereocenters. The van der Waals surface area contributed by atoms with E-state index in [1.54, 1.807) is 0 Å². The Morgan fingerprint density at radius 3 is 2.74 bits per heavy atom. The monoisotopic (exact) mass is 261 g/mol. The van der Waals surface area contributed by atoms with Crippen LogP contribution in [0.5, 0.6) is 5.75 Å². The van der Waals surface area contributed by atoms with Gasteiger partial charge in [0, 0.05) is 29.7 Å². The Balaban J connectivity index is 1.84. The molecule has 1 aliphatic carbocycles. The molecule has 19 heavy (non-hydrogen) atoms. The van der Waals surface area contributed by atoms with Crippen LogP contribution in [0.1, 0.15) is 31.4 Å². The maximum Gasteiger partial charge on any atom is 0.118 e. The number of ether oxygens (including phenoxy) is 1. The van der Waals surface area contributed by atoms with Gasteiger partial charge in [-0.3, -0.25) is 0 Å². The fourth-order valence-corrected chi connectivity index (χ4v) is 3.74. The summed E-state index contributed by atoms with van der Waals surface area (Å²) in [5.41, 5.74) is 3.34. The lowest BCUT2D eigenvalue weighted by atomic mass is 9.57. The second kappa shape index (κ2) is 4.14. The highest BCUT2D eigenvalue weighted by molar-refractivity contribution is 5.58. The van der Waals surface area contributed by atoms with E-state index in [2.05, 4.69) is 19.2 Å². The van der Waals surface area contributed by atoms with Gasteiger partial charge in [-0.25, -0.2) is 0 Å². The van der Waals surface area contributed by atoms with Crippen molar-refractivity contribution in [1.29, 1.82) is 0 Å². The molecule has 104 valence electrons. The lowest BCUT2D eigenvalue weighted by Crippen LogP contribution is -2.63. The van der Waals surface area contributed by atoms with E-state index < -0.39 is 0 Å². The third-order valence-electron chi connectivity index (χ3n) is 4.95. The summed E-state index contributed by atoms with van der Waals surface area (Å²) in [7, 11) is 0. The number of phenolic OH excluding ortho intramolecular Hbond substituents is 1. The molecule has 3 rings (SSSR count). The van der Waals surface area contributed by atoms with Gasteiger partial charge < -0.3 is 15.2 Å². The first kappa shape index (κ1) is 12.8. The highest BCUT2D eigenvalue weighted by Crippen LogP contribution is 2.53. The standard InChI is InChI=1S/C16H23NO2/c1-9-8-13(18)10(2)7-12(9)17-14-11-5-6-19-15(11)16(14,3)4/h7-8,11,14-15,17-18H,5-6H2,1-4H3. The Morgan fingerprint density at radius 1 is 1.26 bits per heavy atom. The van der Waals surface area contributed by atoms with E-state index in [0.29, 0.717) is 23.8 Å². The van der Waals surface area contributed by atoms with E-state index in [1.165, 1.54) is 0 Å². The number of fused-ring (bicyclic) bond motifs is 1. The SMILES string of the molecule is Cc1cc(NC2C3CCOC3C2(C)C)c(C)cc1O. The molecule has 2 aliphatic rings. The maximum absolute atomic E-state index is 9.73. The van der Waals surface area contributed by atoms with Crippen LogP contribution in [0.2, 0.25) is 0 Å². The first-order valence-corrected chi connectivity index (χ1v) is 7.09. The van der Waals surface area contributed by atoms with Gasteiger partial charge in [-0.1, -0.05) is 13.8 Å². The summed E-state index contributed by atoms with van der Waals surface area (Å²) < 4.78 is 5.83. The predicted molar refractivity (Wildman–Crippen MR) is 76.6 cm³/mol. The van der Waals surface area contributed by atoms with Crippen molar-refractivity contribution in [2.45, 2.75) is 46.3 Å². The van der Waals surface area contributed by atoms with Crippen LogP contribution in [-0.2, 0) is 4.74 Å². The van der Waals surface area contributed by atoms with E-state index >= 15 is 0 Å². The van der Waals surface area contributed by atoms with Crippen molar-refractivity contribution in [2.24, 2.45) is 11.3 Å². The minimum absolute atomic E-state index is 0.180. The summed E-state index contributed by atoms with van der Waals surface area (Å²) in [6.45, 7) is 9.42. The van der Waals surface area contributed by atoms with E-state index in [1.807, 2.05) is 26.0 Å². The molecule has 3 heteroatoms. The van der Waals surface area contributed by atoms with Gasteiger partial charge in [0.2, 0.25) is 0 Å². The molecule has 2 N–H and O–H groups in total. The number of aromatic hydroxyl groups is 1. The van der Waals surface area contributed by atoms with Gasteiger partial charge in [-0.05, 0) is 43.5 Å². The van der Waals surface area contributed by atoms with Crippen molar-refractivity contribution in [1.82, 2.24) is 0 Å². The van der Waals surface area contributed by atoms with Gasteiger partial charge >= 0.3 is 0 Å². The summed E-state index contributed by atoms with van der Waals surface area (Å²) in [5, 5.41) is 13.4. The molecule has 0 bridgehead atoms. The number of phenols is 1. The Hall–Kier alpha value is -1.22. The first-order chi connectivity index (χ1) is 8.91. The predicted octanol–water partition coefficient (Wildman–Crippen LogP) is 3.23. The fraction of sp³-hybridized carbons (Fsp3) is 0.625. The van der Waals surface area contributed by atoms with Crippen LogP contribution in [0, 0.1) is 25.2 Å². The maximum atomic E-state index is 9.73. The van der Waals surface area contributed by atoms with E-state index in [-0.39, 0.29) is 5.41 Å². The third-order valence-corrected chi connectivity index (χ3v) is 4.95. The van der Waals surface area contributed by atoms with Gasteiger partial charge in [0.15, 0.2) is 0 Å². The molecule has 1 aromatic rings. The molecule has 1 saturated heterocycles. The molecule has 0 radical (unpaired) electrons. The fourth-order valence-electron chi connectivity index (χ4n) is 3.74. The van der Waals surface area contributed by atoms with Crippen LogP contribution in [0.3, 0.4) is 0 Å². The van der Waals surface area contributed by atoms with Gasteiger partial charge in [0.1, 0.15) is 5.75 Å². The highest BCUT2D eigenvalue weighted by Gasteiger charge is 2.59. The second-order valence-corrected chi connectivity index (χ2v) is 6.64. The Labute approximate surface area is 115 Å². The lowest BCUT2D eigenvalue weighted by molar-refractivity contribution is -0.0923. The van der Waals surface area contributed by atoms with Crippen molar-refractivity contribution in [3.8, 4) is 5.75 Å². The Kier molecular flexibility index (Phi) is 2.79. The molecule has 0 aromatic heterocycles. The van der Waals surface area contributed by atoms with Gasteiger partial charge in [0.05, 0.1) is 6.10 Å². The molecule has 3 unspecified atom stereocenters. The lowest BCUT2D eigenvalue weighted by Gasteiger charge is -2.55. The van der Waals surface area contributed by atoms with Crippen LogP contribution in [0.15, 0.2) is 12.1 Å². The van der Waals surface area contributed by atoms with E-state index in [4.69, 9.17) is 4.74 Å². The zero-order chi connectivity index (χ0) is 13.8. The molecular weight excluding hydrogens is 238 g/mol. The number of hydrogen-bond acceptors (Lipinski definition) is 3. The number of nitrogens with one attached hydrogen (secondary N) is 1. The minimum atomic E-state index is 0.180. The second-order valence-electron chi connectivity index (χ2n) is 6.64. The molecular formula is C16H23NO2. The van der Waals surface area contributed by atoms with Crippen molar-refractivity contribution in [3.63, 3.8) is 0 Å². The van der Waals surface area contributed by atoms with Crippen LogP contribution in [0.25, 0.3) is 0 Å². The summed E-state index contributed by atoms with van der Waals surface area (Å²) in [4.78, 5) is 0. The van der Waals surface area contributed by atoms with Crippen LogP contribution < -0.4 is 5.32 Å². The first-order valence-electron chi connectivity index (χ1n) is 7.09. The number of hydrogen-bond donors (Lipinski definition) is 2. The molecule has 3 nitrogen and oxygen atoms in total.